The fraction of sp³-hybridized carbons (Fsp3) is 0.200. The van der Waals surface area contributed by atoms with Crippen molar-refractivity contribution >= 4 is 27.5 Å². The molecular weight excluding hydrogens is 312 g/mol. The first-order chi connectivity index (χ1) is 12.3. The van der Waals surface area contributed by atoms with E-state index >= 15 is 0 Å². The Morgan fingerprint density at radius 2 is 1.92 bits per heavy atom. The summed E-state index contributed by atoms with van der Waals surface area (Å²) in [5.41, 5.74) is 4.14. The predicted molar refractivity (Wildman–Crippen MR) is 102 cm³/mol. The molecule has 0 spiro atoms. The third kappa shape index (κ3) is 2.78. The minimum Gasteiger partial charge on any atom is -0.384 e. The van der Waals surface area contributed by atoms with Crippen LogP contribution in [-0.2, 0) is 13.0 Å². The van der Waals surface area contributed by atoms with Gasteiger partial charge in [-0.25, -0.2) is 4.79 Å². The van der Waals surface area contributed by atoms with Crippen molar-refractivity contribution in [2.75, 3.05) is 11.9 Å². The molecule has 0 aliphatic heterocycles. The molecule has 0 saturated carbocycles. The number of anilines is 1. The van der Waals surface area contributed by atoms with Crippen molar-refractivity contribution in [2.24, 2.45) is 0 Å². The van der Waals surface area contributed by atoms with Crippen LogP contribution in [-0.4, -0.2) is 21.1 Å². The number of hydrogen-bond acceptors (Lipinski definition) is 3. The van der Waals surface area contributed by atoms with Gasteiger partial charge in [-0.3, -0.25) is 9.55 Å². The normalized spacial score (nSPS) is 11.2. The maximum atomic E-state index is 12.1. The summed E-state index contributed by atoms with van der Waals surface area (Å²) < 4.78 is 1.76. The van der Waals surface area contributed by atoms with E-state index in [1.165, 1.54) is 5.56 Å². The van der Waals surface area contributed by atoms with Gasteiger partial charge in [-0.05, 0) is 43.2 Å². The molecule has 4 rings (SSSR count). The van der Waals surface area contributed by atoms with Crippen LogP contribution in [0.25, 0.3) is 21.8 Å². The van der Waals surface area contributed by atoms with Crippen molar-refractivity contribution in [3.8, 4) is 0 Å². The number of rotatable bonds is 5. The minimum atomic E-state index is -0.0546. The van der Waals surface area contributed by atoms with Crippen LogP contribution >= 0.6 is 0 Å². The average Bonchev–Trinajstić information content (AvgIpc) is 2.98. The van der Waals surface area contributed by atoms with Gasteiger partial charge in [0, 0.05) is 41.9 Å². The number of aromatic amines is 1. The van der Waals surface area contributed by atoms with Crippen LogP contribution in [0.3, 0.4) is 0 Å². The van der Waals surface area contributed by atoms with Gasteiger partial charge in [-0.1, -0.05) is 18.2 Å². The van der Waals surface area contributed by atoms with Crippen molar-refractivity contribution in [3.63, 3.8) is 0 Å². The highest BCUT2D eigenvalue weighted by Gasteiger charge is 2.10. The lowest BCUT2D eigenvalue weighted by molar-refractivity contribution is 0.753. The van der Waals surface area contributed by atoms with Crippen LogP contribution in [0.4, 0.5) is 5.69 Å². The number of pyridine rings is 1. The summed E-state index contributed by atoms with van der Waals surface area (Å²) in [5.74, 6) is 0. The van der Waals surface area contributed by atoms with E-state index in [4.69, 9.17) is 0 Å². The molecule has 2 aromatic carbocycles. The minimum absolute atomic E-state index is 0.0546. The lowest BCUT2D eigenvalue weighted by Gasteiger charge is -2.10. The average molecular weight is 332 g/mol. The van der Waals surface area contributed by atoms with Gasteiger partial charge in [0.25, 0.3) is 0 Å². The van der Waals surface area contributed by atoms with E-state index < -0.39 is 0 Å². The van der Waals surface area contributed by atoms with Gasteiger partial charge in [0.1, 0.15) is 0 Å². The number of H-pyrrole nitrogens is 1. The van der Waals surface area contributed by atoms with E-state index in [1.807, 2.05) is 43.6 Å². The van der Waals surface area contributed by atoms with E-state index in [1.54, 1.807) is 4.57 Å². The number of aromatic nitrogens is 3. The first-order valence-corrected chi connectivity index (χ1v) is 8.55. The molecule has 2 aromatic heterocycles. The molecule has 0 atom stereocenters. The topological polar surface area (TPSA) is 62.7 Å². The third-order valence-corrected chi connectivity index (χ3v) is 4.60. The standard InChI is InChI=1S/C20H20N4O/c1-2-24-18-7-6-15-16(19(18)23-20(24)25)4-3-5-17(15)22-13-10-14-8-11-21-12-9-14/h3-9,11-12,22H,2,10,13H2,1H3,(H,23,25). The Labute approximate surface area is 145 Å². The second-order valence-corrected chi connectivity index (χ2v) is 6.07. The molecule has 0 fully saturated rings. The molecule has 0 radical (unpaired) electrons. The van der Waals surface area contributed by atoms with E-state index in [-0.39, 0.29) is 5.69 Å². The number of benzene rings is 2. The van der Waals surface area contributed by atoms with Crippen LogP contribution in [0.15, 0.2) is 59.7 Å². The summed E-state index contributed by atoms with van der Waals surface area (Å²) in [5, 5.41) is 5.70. The van der Waals surface area contributed by atoms with Gasteiger partial charge < -0.3 is 10.3 Å². The Morgan fingerprint density at radius 1 is 1.08 bits per heavy atom. The zero-order valence-electron chi connectivity index (χ0n) is 14.1. The molecule has 0 aliphatic rings. The van der Waals surface area contributed by atoms with Crippen LogP contribution in [0.5, 0.6) is 0 Å². The summed E-state index contributed by atoms with van der Waals surface area (Å²) in [4.78, 5) is 19.2. The molecule has 0 amide bonds. The summed E-state index contributed by atoms with van der Waals surface area (Å²) in [7, 11) is 0. The molecule has 0 saturated heterocycles. The SMILES string of the molecule is CCn1c(=O)[nH]c2c3cccc(NCCc4ccncc4)c3ccc21. The third-order valence-electron chi connectivity index (χ3n) is 4.60. The highest BCUT2D eigenvalue weighted by Crippen LogP contribution is 2.28. The molecule has 25 heavy (non-hydrogen) atoms. The lowest BCUT2D eigenvalue weighted by atomic mass is 10.1. The summed E-state index contributed by atoms with van der Waals surface area (Å²) in [6.07, 6.45) is 4.57. The van der Waals surface area contributed by atoms with Gasteiger partial charge >= 0.3 is 5.69 Å². The zero-order chi connectivity index (χ0) is 17.2. The van der Waals surface area contributed by atoms with E-state index in [2.05, 4.69) is 33.5 Å². The highest BCUT2D eigenvalue weighted by atomic mass is 16.1. The van der Waals surface area contributed by atoms with Crippen molar-refractivity contribution in [1.29, 1.82) is 0 Å². The number of hydrogen-bond donors (Lipinski definition) is 2. The lowest BCUT2D eigenvalue weighted by Crippen LogP contribution is -2.14. The van der Waals surface area contributed by atoms with Crippen molar-refractivity contribution in [3.05, 3.63) is 70.9 Å². The molecule has 2 N–H and O–H groups in total. The van der Waals surface area contributed by atoms with Gasteiger partial charge in [-0.15, -0.1) is 0 Å². The second kappa shape index (κ2) is 6.43. The number of nitrogens with zero attached hydrogens (tertiary/aromatic N) is 2. The maximum absolute atomic E-state index is 12.1. The molecule has 4 aromatic rings. The molecule has 5 heteroatoms. The Morgan fingerprint density at radius 3 is 2.72 bits per heavy atom. The Hall–Kier alpha value is -3.08. The Kier molecular flexibility index (Phi) is 3.98. The van der Waals surface area contributed by atoms with Crippen LogP contribution in [0.2, 0.25) is 0 Å². The number of fused-ring (bicyclic) bond motifs is 3. The van der Waals surface area contributed by atoms with Crippen molar-refractivity contribution in [2.45, 2.75) is 19.9 Å². The van der Waals surface area contributed by atoms with Gasteiger partial charge in [0.2, 0.25) is 0 Å². The highest BCUT2D eigenvalue weighted by molar-refractivity contribution is 6.08. The monoisotopic (exact) mass is 332 g/mol. The first-order valence-electron chi connectivity index (χ1n) is 8.55. The number of aryl methyl sites for hydroxylation is 1. The fourth-order valence-corrected chi connectivity index (χ4v) is 3.35. The fourth-order valence-electron chi connectivity index (χ4n) is 3.35. The summed E-state index contributed by atoms with van der Waals surface area (Å²) in [6, 6.07) is 14.3. The maximum Gasteiger partial charge on any atom is 0.326 e. The second-order valence-electron chi connectivity index (χ2n) is 6.07. The first kappa shape index (κ1) is 15.4. The Balaban J connectivity index is 1.68. The predicted octanol–water partition coefficient (Wildman–Crippen LogP) is 3.55. The number of nitrogens with one attached hydrogen (secondary N) is 2. The number of imidazole rings is 1. The zero-order valence-corrected chi connectivity index (χ0v) is 14.1. The van der Waals surface area contributed by atoms with Crippen LogP contribution in [0.1, 0.15) is 12.5 Å². The van der Waals surface area contributed by atoms with Gasteiger partial charge in [-0.2, -0.15) is 0 Å². The van der Waals surface area contributed by atoms with E-state index in [0.29, 0.717) is 6.54 Å². The van der Waals surface area contributed by atoms with Crippen molar-refractivity contribution < 1.29 is 0 Å². The summed E-state index contributed by atoms with van der Waals surface area (Å²) in [6.45, 7) is 3.48. The molecule has 0 unspecified atom stereocenters. The molecule has 0 bridgehead atoms. The van der Waals surface area contributed by atoms with Crippen LogP contribution < -0.4 is 11.0 Å². The molecule has 2 heterocycles. The molecule has 126 valence electrons. The van der Waals surface area contributed by atoms with Gasteiger partial charge in [0.05, 0.1) is 11.0 Å². The quantitative estimate of drug-likeness (QED) is 0.587. The molecular formula is C20H20N4O. The largest absolute Gasteiger partial charge is 0.384 e. The van der Waals surface area contributed by atoms with Gasteiger partial charge in [0.15, 0.2) is 0 Å². The van der Waals surface area contributed by atoms with Crippen molar-refractivity contribution in [1.82, 2.24) is 14.5 Å². The Bertz CT molecular complexity index is 1080. The summed E-state index contributed by atoms with van der Waals surface area (Å²) >= 11 is 0. The molecule has 0 aliphatic carbocycles. The van der Waals surface area contributed by atoms with E-state index in [9.17, 15) is 4.79 Å². The molecule has 5 nitrogen and oxygen atoms in total. The van der Waals surface area contributed by atoms with E-state index in [0.717, 1.165) is 40.5 Å². The van der Waals surface area contributed by atoms with Crippen LogP contribution in [0, 0.1) is 0 Å². The smallest absolute Gasteiger partial charge is 0.326 e.